The number of amides is 1. The van der Waals surface area contributed by atoms with Gasteiger partial charge in [0.1, 0.15) is 0 Å². The summed E-state index contributed by atoms with van der Waals surface area (Å²) in [6.45, 7) is 5.56. The lowest BCUT2D eigenvalue weighted by Gasteiger charge is -2.15. The molecule has 180 valence electrons. The van der Waals surface area contributed by atoms with Gasteiger partial charge < -0.3 is 24.1 Å². The largest absolute Gasteiger partial charge is 0.514 e. The Hall–Kier alpha value is -3.37. The number of aromatic nitrogens is 3. The van der Waals surface area contributed by atoms with Crippen molar-refractivity contribution < 1.29 is 28.3 Å². The van der Waals surface area contributed by atoms with E-state index in [1.54, 1.807) is 25.1 Å². The molecule has 10 nitrogen and oxygen atoms in total. The second kappa shape index (κ2) is 11.2. The Bertz CT molecular complexity index is 1180. The SMILES string of the molecule is COc1ccnc(C(=O)N[C@@H](C)c2noc(-c3ccc(Cl)c(Cl)c3)n2)c1OC(=O)OCC(C)C. The van der Waals surface area contributed by atoms with Gasteiger partial charge >= 0.3 is 6.16 Å². The third-order valence-corrected chi connectivity index (χ3v) is 5.11. The zero-order valence-electron chi connectivity index (χ0n) is 18.8. The minimum Gasteiger partial charge on any atom is -0.493 e. The smallest absolute Gasteiger partial charge is 0.493 e. The van der Waals surface area contributed by atoms with Gasteiger partial charge in [0.2, 0.25) is 5.75 Å². The summed E-state index contributed by atoms with van der Waals surface area (Å²) in [5.41, 5.74) is 0.387. The van der Waals surface area contributed by atoms with Crippen molar-refractivity contribution in [1.29, 1.82) is 0 Å². The van der Waals surface area contributed by atoms with Gasteiger partial charge in [-0.15, -0.1) is 0 Å². The van der Waals surface area contributed by atoms with Gasteiger partial charge in [-0.25, -0.2) is 9.78 Å². The van der Waals surface area contributed by atoms with Crippen LogP contribution in [0.2, 0.25) is 10.0 Å². The van der Waals surface area contributed by atoms with Gasteiger partial charge in [-0.05, 0) is 31.0 Å². The molecule has 3 aromatic rings. The Balaban J connectivity index is 1.77. The lowest BCUT2D eigenvalue weighted by Crippen LogP contribution is -2.29. The van der Waals surface area contributed by atoms with Crippen molar-refractivity contribution in [3.63, 3.8) is 0 Å². The number of nitrogens with zero attached hydrogens (tertiary/aromatic N) is 3. The molecule has 0 aliphatic heterocycles. The number of methoxy groups -OCH3 is 1. The zero-order valence-corrected chi connectivity index (χ0v) is 20.3. The second-order valence-corrected chi connectivity index (χ2v) is 8.34. The van der Waals surface area contributed by atoms with Gasteiger partial charge in [-0.1, -0.05) is 42.2 Å². The Kier molecular flexibility index (Phi) is 8.30. The lowest BCUT2D eigenvalue weighted by molar-refractivity contribution is 0.0852. The van der Waals surface area contributed by atoms with Crippen molar-refractivity contribution >= 4 is 35.3 Å². The van der Waals surface area contributed by atoms with Crippen LogP contribution < -0.4 is 14.8 Å². The highest BCUT2D eigenvalue weighted by Gasteiger charge is 2.25. The fraction of sp³-hybridized carbons (Fsp3) is 0.318. The molecule has 0 unspecified atom stereocenters. The average Bonchev–Trinajstić information content (AvgIpc) is 3.30. The molecule has 2 aromatic heterocycles. The molecule has 0 saturated carbocycles. The van der Waals surface area contributed by atoms with E-state index in [1.807, 2.05) is 13.8 Å². The molecular formula is C22H22Cl2N4O6. The van der Waals surface area contributed by atoms with Gasteiger partial charge in [0.15, 0.2) is 17.3 Å². The van der Waals surface area contributed by atoms with Crippen LogP contribution in [0.25, 0.3) is 11.5 Å². The van der Waals surface area contributed by atoms with Crippen molar-refractivity contribution in [2.45, 2.75) is 26.8 Å². The Labute approximate surface area is 205 Å². The molecule has 0 aliphatic carbocycles. The number of carbonyl (C=O) groups is 2. The van der Waals surface area contributed by atoms with Crippen LogP contribution in [0.4, 0.5) is 4.79 Å². The average molecular weight is 509 g/mol. The normalized spacial score (nSPS) is 11.7. The Morgan fingerprint density at radius 1 is 1.15 bits per heavy atom. The maximum absolute atomic E-state index is 12.9. The fourth-order valence-corrected chi connectivity index (χ4v) is 2.98. The van der Waals surface area contributed by atoms with Crippen LogP contribution in [0.15, 0.2) is 35.0 Å². The first-order valence-electron chi connectivity index (χ1n) is 10.2. The molecule has 1 aromatic carbocycles. The molecule has 1 atom stereocenters. The molecule has 1 N–H and O–H groups in total. The molecule has 12 heteroatoms. The first-order chi connectivity index (χ1) is 16.2. The van der Waals surface area contributed by atoms with Gasteiger partial charge in [0, 0.05) is 17.8 Å². The quantitative estimate of drug-likeness (QED) is 0.412. The van der Waals surface area contributed by atoms with Gasteiger partial charge in [0.05, 0.1) is 29.8 Å². The van der Waals surface area contributed by atoms with Crippen LogP contribution in [-0.2, 0) is 4.74 Å². The van der Waals surface area contributed by atoms with E-state index in [-0.39, 0.29) is 41.4 Å². The van der Waals surface area contributed by atoms with E-state index in [0.717, 1.165) is 0 Å². The summed E-state index contributed by atoms with van der Waals surface area (Å²) >= 11 is 12.0. The Morgan fingerprint density at radius 2 is 1.91 bits per heavy atom. The number of hydrogen-bond acceptors (Lipinski definition) is 9. The topological polar surface area (TPSA) is 126 Å². The third-order valence-electron chi connectivity index (χ3n) is 4.37. The lowest BCUT2D eigenvalue weighted by atomic mass is 10.2. The number of pyridine rings is 1. The first-order valence-corrected chi connectivity index (χ1v) is 10.9. The number of hydrogen-bond donors (Lipinski definition) is 1. The minimum absolute atomic E-state index is 0.107. The number of nitrogens with one attached hydrogen (secondary N) is 1. The molecule has 0 saturated heterocycles. The monoisotopic (exact) mass is 508 g/mol. The van der Waals surface area contributed by atoms with Crippen LogP contribution in [0.3, 0.4) is 0 Å². The molecule has 0 bridgehead atoms. The summed E-state index contributed by atoms with van der Waals surface area (Å²) in [7, 11) is 1.37. The Morgan fingerprint density at radius 3 is 2.59 bits per heavy atom. The minimum atomic E-state index is -0.980. The predicted octanol–water partition coefficient (Wildman–Crippen LogP) is 5.11. The summed E-state index contributed by atoms with van der Waals surface area (Å²) in [4.78, 5) is 33.4. The zero-order chi connectivity index (χ0) is 24.8. The van der Waals surface area contributed by atoms with Gasteiger partial charge in [-0.2, -0.15) is 4.98 Å². The van der Waals surface area contributed by atoms with Crippen molar-refractivity contribution in [3.8, 4) is 23.0 Å². The van der Waals surface area contributed by atoms with Crippen LogP contribution >= 0.6 is 23.2 Å². The van der Waals surface area contributed by atoms with E-state index >= 15 is 0 Å². The molecule has 3 rings (SSSR count). The first kappa shape index (κ1) is 25.3. The van der Waals surface area contributed by atoms with Crippen molar-refractivity contribution in [3.05, 3.63) is 52.0 Å². The van der Waals surface area contributed by atoms with Crippen LogP contribution in [0.1, 0.15) is 43.1 Å². The summed E-state index contributed by atoms with van der Waals surface area (Å²) in [5.74, 6) is -0.180. The number of rotatable bonds is 8. The predicted molar refractivity (Wildman–Crippen MR) is 123 cm³/mol. The molecular weight excluding hydrogens is 487 g/mol. The number of carbonyl (C=O) groups excluding carboxylic acids is 2. The fourth-order valence-electron chi connectivity index (χ4n) is 2.69. The van der Waals surface area contributed by atoms with E-state index in [1.165, 1.54) is 19.4 Å². The number of benzene rings is 1. The third kappa shape index (κ3) is 6.15. The number of halogens is 2. The van der Waals surface area contributed by atoms with Crippen LogP contribution in [-0.4, -0.2) is 40.9 Å². The summed E-state index contributed by atoms with van der Waals surface area (Å²) < 4.78 is 20.7. The molecule has 0 aliphatic rings. The van der Waals surface area contributed by atoms with E-state index in [2.05, 4.69) is 20.4 Å². The highest BCUT2D eigenvalue weighted by molar-refractivity contribution is 6.42. The van der Waals surface area contributed by atoms with Crippen LogP contribution in [0.5, 0.6) is 11.5 Å². The highest BCUT2D eigenvalue weighted by Crippen LogP contribution is 2.31. The molecule has 2 heterocycles. The van der Waals surface area contributed by atoms with E-state index in [4.69, 9.17) is 41.9 Å². The highest BCUT2D eigenvalue weighted by atomic mass is 35.5. The van der Waals surface area contributed by atoms with E-state index in [9.17, 15) is 9.59 Å². The second-order valence-electron chi connectivity index (χ2n) is 7.53. The van der Waals surface area contributed by atoms with Crippen LogP contribution in [0, 0.1) is 5.92 Å². The molecule has 1 amide bonds. The van der Waals surface area contributed by atoms with Crippen molar-refractivity contribution in [2.75, 3.05) is 13.7 Å². The van der Waals surface area contributed by atoms with E-state index < -0.39 is 18.1 Å². The van der Waals surface area contributed by atoms with E-state index in [0.29, 0.717) is 15.6 Å². The van der Waals surface area contributed by atoms with Gasteiger partial charge in [0.25, 0.3) is 11.8 Å². The molecule has 34 heavy (non-hydrogen) atoms. The number of ether oxygens (including phenoxy) is 3. The summed E-state index contributed by atoms with van der Waals surface area (Å²) in [6, 6.07) is 5.65. The molecule has 0 radical (unpaired) electrons. The van der Waals surface area contributed by atoms with Crippen molar-refractivity contribution in [1.82, 2.24) is 20.4 Å². The summed E-state index contributed by atoms with van der Waals surface area (Å²) in [5, 5.41) is 7.33. The standard InChI is InChI=1S/C22H22Cl2N4O6/c1-11(2)10-32-22(30)33-18-16(31-4)7-8-25-17(18)20(29)26-12(3)19-27-21(34-28-19)13-5-6-14(23)15(24)9-13/h5-9,11-12H,10H2,1-4H3,(H,26,29)/t12-/m0/s1. The molecule has 0 fully saturated rings. The maximum atomic E-state index is 12.9. The van der Waals surface area contributed by atoms with Gasteiger partial charge in [-0.3, -0.25) is 4.79 Å². The maximum Gasteiger partial charge on any atom is 0.514 e. The summed E-state index contributed by atoms with van der Waals surface area (Å²) in [6.07, 6.45) is 0.369. The van der Waals surface area contributed by atoms with Crippen molar-refractivity contribution in [2.24, 2.45) is 5.92 Å². The molecule has 0 spiro atoms.